The molecule has 1 amide bonds. The highest BCUT2D eigenvalue weighted by atomic mass is 16.2. The van der Waals surface area contributed by atoms with Gasteiger partial charge in [-0.05, 0) is 50.3 Å². The van der Waals surface area contributed by atoms with Gasteiger partial charge in [0.1, 0.15) is 0 Å². The Labute approximate surface area is 122 Å². The zero-order valence-corrected chi connectivity index (χ0v) is 12.7. The number of carbonyl (C=O) groups excluding carboxylic acids is 1. The topological polar surface area (TPSA) is 41.1 Å². The number of hydrogen-bond donors (Lipinski definition) is 2. The third-order valence-electron chi connectivity index (χ3n) is 4.30. The summed E-state index contributed by atoms with van der Waals surface area (Å²) in [6, 6.07) is 8.36. The summed E-state index contributed by atoms with van der Waals surface area (Å²) in [5.74, 6) is 0.186. The molecule has 0 spiro atoms. The van der Waals surface area contributed by atoms with Gasteiger partial charge in [-0.15, -0.1) is 0 Å². The van der Waals surface area contributed by atoms with E-state index in [0.717, 1.165) is 45.2 Å². The van der Waals surface area contributed by atoms with Gasteiger partial charge >= 0.3 is 0 Å². The molecule has 3 heteroatoms. The molecule has 2 N–H and O–H groups in total. The molecule has 0 bridgehead atoms. The van der Waals surface area contributed by atoms with Gasteiger partial charge in [-0.25, -0.2) is 0 Å². The second-order valence-electron chi connectivity index (χ2n) is 5.79. The molecule has 1 aromatic rings. The highest BCUT2D eigenvalue weighted by Gasteiger charge is 2.39. The summed E-state index contributed by atoms with van der Waals surface area (Å²) < 4.78 is 0. The largest absolute Gasteiger partial charge is 0.354 e. The minimum Gasteiger partial charge on any atom is -0.354 e. The fourth-order valence-electron chi connectivity index (χ4n) is 3.12. The molecule has 0 radical (unpaired) electrons. The number of nitrogens with one attached hydrogen (secondary N) is 2. The van der Waals surface area contributed by atoms with Crippen molar-refractivity contribution >= 4 is 5.91 Å². The molecule has 1 aliphatic rings. The second kappa shape index (κ2) is 6.89. The van der Waals surface area contributed by atoms with Crippen LogP contribution in [0.25, 0.3) is 0 Å². The average molecular weight is 274 g/mol. The molecule has 3 nitrogen and oxygen atoms in total. The molecule has 1 unspecified atom stereocenters. The van der Waals surface area contributed by atoms with Crippen molar-refractivity contribution in [1.29, 1.82) is 0 Å². The third-order valence-corrected chi connectivity index (χ3v) is 4.30. The molecular formula is C17H26N2O. The maximum Gasteiger partial charge on any atom is 0.240 e. The van der Waals surface area contributed by atoms with Gasteiger partial charge in [0, 0.05) is 6.54 Å². The van der Waals surface area contributed by atoms with Crippen LogP contribution in [0.15, 0.2) is 24.3 Å². The average Bonchev–Trinajstić information content (AvgIpc) is 2.91. The Balaban J connectivity index is 1.87. The molecule has 0 saturated carbocycles. The van der Waals surface area contributed by atoms with Crippen molar-refractivity contribution in [2.24, 2.45) is 0 Å². The summed E-state index contributed by atoms with van der Waals surface area (Å²) in [6.07, 6.45) is 4.95. The van der Waals surface area contributed by atoms with Crippen molar-refractivity contribution in [2.75, 3.05) is 13.1 Å². The molecule has 1 atom stereocenters. The minimum atomic E-state index is -0.305. The zero-order chi connectivity index (χ0) is 14.4. The van der Waals surface area contributed by atoms with Crippen LogP contribution < -0.4 is 10.6 Å². The molecule has 20 heavy (non-hydrogen) atoms. The van der Waals surface area contributed by atoms with E-state index in [4.69, 9.17) is 0 Å². The molecule has 0 aromatic heterocycles. The molecular weight excluding hydrogens is 248 g/mol. The Bertz CT molecular complexity index is 450. The fourth-order valence-corrected chi connectivity index (χ4v) is 3.12. The van der Waals surface area contributed by atoms with Gasteiger partial charge in [0.05, 0.1) is 5.54 Å². The summed E-state index contributed by atoms with van der Waals surface area (Å²) in [5.41, 5.74) is 2.31. The van der Waals surface area contributed by atoms with E-state index in [1.54, 1.807) is 0 Å². The summed E-state index contributed by atoms with van der Waals surface area (Å²) in [7, 11) is 0. The first-order chi connectivity index (χ1) is 9.68. The van der Waals surface area contributed by atoms with Crippen LogP contribution in [0.2, 0.25) is 0 Å². The highest BCUT2D eigenvalue weighted by molar-refractivity contribution is 5.86. The number of amides is 1. The van der Waals surface area contributed by atoms with E-state index < -0.39 is 0 Å². The SMILES string of the molecule is CCCC1(C(=O)NCCc2ccccc2C)CCCN1. The van der Waals surface area contributed by atoms with Gasteiger partial charge in [-0.2, -0.15) is 0 Å². The summed E-state index contributed by atoms with van der Waals surface area (Å²) in [6.45, 7) is 5.94. The molecule has 110 valence electrons. The highest BCUT2D eigenvalue weighted by Crippen LogP contribution is 2.24. The number of rotatable bonds is 6. The van der Waals surface area contributed by atoms with Crippen LogP contribution in [0, 0.1) is 6.92 Å². The van der Waals surface area contributed by atoms with Crippen LogP contribution in [0.1, 0.15) is 43.7 Å². The Morgan fingerprint density at radius 1 is 1.40 bits per heavy atom. The van der Waals surface area contributed by atoms with Crippen molar-refractivity contribution in [3.63, 3.8) is 0 Å². The van der Waals surface area contributed by atoms with E-state index in [0.29, 0.717) is 0 Å². The molecule has 1 fully saturated rings. The van der Waals surface area contributed by atoms with Gasteiger partial charge < -0.3 is 10.6 Å². The lowest BCUT2D eigenvalue weighted by Gasteiger charge is -2.27. The van der Waals surface area contributed by atoms with Crippen molar-refractivity contribution in [2.45, 2.75) is 51.5 Å². The number of hydrogen-bond acceptors (Lipinski definition) is 2. The Morgan fingerprint density at radius 2 is 2.20 bits per heavy atom. The van der Waals surface area contributed by atoms with Crippen LogP contribution in [0.3, 0.4) is 0 Å². The number of carbonyl (C=O) groups is 1. The first-order valence-electron chi connectivity index (χ1n) is 7.76. The van der Waals surface area contributed by atoms with Gasteiger partial charge in [-0.3, -0.25) is 4.79 Å². The number of aryl methyl sites for hydroxylation is 1. The Kier molecular flexibility index (Phi) is 5.18. The summed E-state index contributed by atoms with van der Waals surface area (Å²) >= 11 is 0. The van der Waals surface area contributed by atoms with Crippen LogP contribution in [0.4, 0.5) is 0 Å². The molecule has 1 saturated heterocycles. The molecule has 1 aromatic carbocycles. The fraction of sp³-hybridized carbons (Fsp3) is 0.588. The Morgan fingerprint density at radius 3 is 2.85 bits per heavy atom. The predicted molar refractivity (Wildman–Crippen MR) is 82.8 cm³/mol. The van der Waals surface area contributed by atoms with E-state index in [9.17, 15) is 4.79 Å². The Hall–Kier alpha value is -1.35. The first kappa shape index (κ1) is 15.0. The standard InChI is InChI=1S/C17H26N2O/c1-3-10-17(11-6-12-19-17)16(20)18-13-9-15-8-5-4-7-14(15)2/h4-5,7-8,19H,3,6,9-13H2,1-2H3,(H,18,20). The van der Waals surface area contributed by atoms with E-state index in [1.807, 2.05) is 0 Å². The first-order valence-corrected chi connectivity index (χ1v) is 7.76. The summed E-state index contributed by atoms with van der Waals surface area (Å²) in [4.78, 5) is 12.5. The van der Waals surface area contributed by atoms with Crippen LogP contribution >= 0.6 is 0 Å². The van der Waals surface area contributed by atoms with Crippen molar-refractivity contribution in [1.82, 2.24) is 10.6 Å². The van der Waals surface area contributed by atoms with E-state index in [1.165, 1.54) is 11.1 Å². The monoisotopic (exact) mass is 274 g/mol. The molecule has 1 aliphatic heterocycles. The van der Waals surface area contributed by atoms with Crippen LogP contribution in [0.5, 0.6) is 0 Å². The van der Waals surface area contributed by atoms with E-state index >= 15 is 0 Å². The third kappa shape index (κ3) is 3.40. The van der Waals surface area contributed by atoms with Crippen LogP contribution in [-0.2, 0) is 11.2 Å². The van der Waals surface area contributed by atoms with Gasteiger partial charge in [0.2, 0.25) is 5.91 Å². The van der Waals surface area contributed by atoms with Crippen molar-refractivity contribution in [3.05, 3.63) is 35.4 Å². The van der Waals surface area contributed by atoms with Gasteiger partial charge in [-0.1, -0.05) is 37.6 Å². The quantitative estimate of drug-likeness (QED) is 0.837. The van der Waals surface area contributed by atoms with E-state index in [-0.39, 0.29) is 11.4 Å². The predicted octanol–water partition coefficient (Wildman–Crippen LogP) is 2.58. The van der Waals surface area contributed by atoms with Crippen molar-refractivity contribution in [3.8, 4) is 0 Å². The van der Waals surface area contributed by atoms with Gasteiger partial charge in [0.15, 0.2) is 0 Å². The lowest BCUT2D eigenvalue weighted by atomic mass is 9.91. The second-order valence-corrected chi connectivity index (χ2v) is 5.79. The maximum atomic E-state index is 12.5. The smallest absolute Gasteiger partial charge is 0.240 e. The van der Waals surface area contributed by atoms with Crippen LogP contribution in [-0.4, -0.2) is 24.5 Å². The number of benzene rings is 1. The lowest BCUT2D eigenvalue weighted by Crippen LogP contribution is -2.53. The van der Waals surface area contributed by atoms with E-state index in [2.05, 4.69) is 48.7 Å². The zero-order valence-electron chi connectivity index (χ0n) is 12.7. The minimum absolute atomic E-state index is 0.186. The maximum absolute atomic E-state index is 12.5. The normalized spacial score (nSPS) is 21.9. The summed E-state index contributed by atoms with van der Waals surface area (Å²) in [5, 5.41) is 6.54. The lowest BCUT2D eigenvalue weighted by molar-refractivity contribution is -0.127. The van der Waals surface area contributed by atoms with Gasteiger partial charge in [0.25, 0.3) is 0 Å². The molecule has 0 aliphatic carbocycles. The molecule has 1 heterocycles. The molecule has 2 rings (SSSR count). The van der Waals surface area contributed by atoms with Crippen molar-refractivity contribution < 1.29 is 4.79 Å².